The lowest BCUT2D eigenvalue weighted by atomic mass is 10.1. The minimum Gasteiger partial charge on any atom is -0.490 e. The van der Waals surface area contributed by atoms with Crippen LogP contribution in [0.3, 0.4) is 0 Å². The van der Waals surface area contributed by atoms with Gasteiger partial charge in [-0.25, -0.2) is 14.6 Å². The van der Waals surface area contributed by atoms with E-state index >= 15 is 0 Å². The molecule has 0 aliphatic carbocycles. The third-order valence-corrected chi connectivity index (χ3v) is 5.14. The summed E-state index contributed by atoms with van der Waals surface area (Å²) in [6.45, 7) is 4.01. The lowest BCUT2D eigenvalue weighted by Gasteiger charge is -2.14. The van der Waals surface area contributed by atoms with Crippen molar-refractivity contribution in [3.05, 3.63) is 87.4 Å². The van der Waals surface area contributed by atoms with Crippen LogP contribution in [-0.2, 0) is 9.53 Å². The average Bonchev–Trinajstić information content (AvgIpc) is 3.41. The summed E-state index contributed by atoms with van der Waals surface area (Å²) in [4.78, 5) is 29.1. The summed E-state index contributed by atoms with van der Waals surface area (Å²) in [5.74, 6) is -0.0488. The van der Waals surface area contributed by atoms with E-state index < -0.39 is 11.9 Å². The second kappa shape index (κ2) is 9.23. The molecule has 0 saturated heterocycles. The zero-order chi connectivity index (χ0) is 22.7. The van der Waals surface area contributed by atoms with Crippen LogP contribution in [0.5, 0.6) is 11.5 Å². The molecule has 2 heterocycles. The van der Waals surface area contributed by atoms with E-state index in [1.807, 2.05) is 26.0 Å². The number of aryl methyl sites for hydroxylation is 1. The average molecular weight is 496 g/mol. The van der Waals surface area contributed by atoms with Crippen LogP contribution >= 0.6 is 15.9 Å². The van der Waals surface area contributed by atoms with Crippen LogP contribution in [0.2, 0.25) is 0 Å². The molecule has 0 amide bonds. The van der Waals surface area contributed by atoms with Gasteiger partial charge in [-0.1, -0.05) is 18.2 Å². The standard InChI is InChI=1S/C24H18BrNO6/c1-3-29-20-13-15(12-18-24(28)32-22(26-18)19-9-6-10-30-19)11-17(25)21(20)31-23(27)16-8-5-4-7-14(16)2/h4-13H,3H2,1-2H3/b18-12-. The first-order valence-corrected chi connectivity index (χ1v) is 10.6. The summed E-state index contributed by atoms with van der Waals surface area (Å²) in [6.07, 6.45) is 3.02. The van der Waals surface area contributed by atoms with Gasteiger partial charge in [0.05, 0.1) is 22.9 Å². The van der Waals surface area contributed by atoms with Crippen molar-refractivity contribution in [2.45, 2.75) is 13.8 Å². The van der Waals surface area contributed by atoms with Crippen LogP contribution in [0.25, 0.3) is 6.08 Å². The predicted octanol–water partition coefficient (Wildman–Crippen LogP) is 5.31. The van der Waals surface area contributed by atoms with Crippen LogP contribution in [0.1, 0.15) is 34.2 Å². The van der Waals surface area contributed by atoms with Crippen LogP contribution in [0.15, 0.2) is 74.4 Å². The highest BCUT2D eigenvalue weighted by Gasteiger charge is 2.26. The van der Waals surface area contributed by atoms with Gasteiger partial charge in [0.15, 0.2) is 23.0 Å². The highest BCUT2D eigenvalue weighted by molar-refractivity contribution is 9.10. The van der Waals surface area contributed by atoms with Gasteiger partial charge in [-0.05, 0) is 77.3 Å². The Morgan fingerprint density at radius 1 is 1.19 bits per heavy atom. The van der Waals surface area contributed by atoms with Crippen molar-refractivity contribution in [2.24, 2.45) is 4.99 Å². The van der Waals surface area contributed by atoms with E-state index in [2.05, 4.69) is 20.9 Å². The number of hydrogen-bond donors (Lipinski definition) is 0. The third kappa shape index (κ3) is 4.50. The normalized spacial score (nSPS) is 14.3. The molecule has 0 N–H and O–H groups in total. The number of carbonyl (C=O) groups excluding carboxylic acids is 2. The number of benzene rings is 2. The zero-order valence-electron chi connectivity index (χ0n) is 17.3. The van der Waals surface area contributed by atoms with E-state index in [0.29, 0.717) is 33.7 Å². The zero-order valence-corrected chi connectivity index (χ0v) is 18.8. The maximum atomic E-state index is 12.7. The molecule has 1 aromatic heterocycles. The van der Waals surface area contributed by atoms with Gasteiger partial charge < -0.3 is 18.6 Å². The summed E-state index contributed by atoms with van der Waals surface area (Å²) in [7, 11) is 0. The van der Waals surface area contributed by atoms with E-state index in [-0.39, 0.29) is 17.3 Å². The molecule has 8 heteroatoms. The number of carbonyl (C=O) groups is 2. The van der Waals surface area contributed by atoms with Crippen molar-refractivity contribution in [1.29, 1.82) is 0 Å². The Morgan fingerprint density at radius 2 is 2.00 bits per heavy atom. The Balaban J connectivity index is 1.66. The molecule has 2 aromatic carbocycles. The Morgan fingerprint density at radius 3 is 2.72 bits per heavy atom. The second-order valence-electron chi connectivity index (χ2n) is 6.78. The van der Waals surface area contributed by atoms with Crippen LogP contribution < -0.4 is 9.47 Å². The number of ether oxygens (including phenoxy) is 3. The number of esters is 2. The molecule has 0 unspecified atom stereocenters. The molecule has 0 fully saturated rings. The SMILES string of the molecule is CCOc1cc(/C=C2\N=C(c3ccco3)OC2=O)cc(Br)c1OC(=O)c1ccccc1C. The number of aliphatic imine (C=N–C) groups is 1. The molecule has 32 heavy (non-hydrogen) atoms. The molecule has 162 valence electrons. The smallest absolute Gasteiger partial charge is 0.363 e. The number of halogens is 1. The Kier molecular flexibility index (Phi) is 6.23. The van der Waals surface area contributed by atoms with E-state index in [1.54, 1.807) is 42.5 Å². The molecule has 1 aliphatic heterocycles. The Labute approximate surface area is 192 Å². The van der Waals surface area contributed by atoms with Gasteiger partial charge in [-0.15, -0.1) is 0 Å². The summed E-state index contributed by atoms with van der Waals surface area (Å²) in [5, 5.41) is 0. The van der Waals surface area contributed by atoms with Gasteiger partial charge in [-0.2, -0.15) is 0 Å². The van der Waals surface area contributed by atoms with Gasteiger partial charge in [0.1, 0.15) is 0 Å². The molecule has 4 rings (SSSR count). The molecule has 0 bridgehead atoms. The topological polar surface area (TPSA) is 87.3 Å². The van der Waals surface area contributed by atoms with Crippen molar-refractivity contribution >= 4 is 39.8 Å². The van der Waals surface area contributed by atoms with Gasteiger partial charge >= 0.3 is 11.9 Å². The molecule has 0 saturated carbocycles. The number of hydrogen-bond acceptors (Lipinski definition) is 7. The van der Waals surface area contributed by atoms with Crippen molar-refractivity contribution in [1.82, 2.24) is 0 Å². The Hall–Kier alpha value is -3.65. The van der Waals surface area contributed by atoms with Crippen LogP contribution in [-0.4, -0.2) is 24.4 Å². The fraction of sp³-hybridized carbons (Fsp3) is 0.125. The largest absolute Gasteiger partial charge is 0.490 e. The monoisotopic (exact) mass is 495 g/mol. The molecule has 0 spiro atoms. The van der Waals surface area contributed by atoms with Crippen molar-refractivity contribution in [2.75, 3.05) is 6.61 Å². The number of cyclic esters (lactones) is 1. The van der Waals surface area contributed by atoms with Crippen molar-refractivity contribution in [3.8, 4) is 11.5 Å². The first-order chi connectivity index (χ1) is 15.5. The van der Waals surface area contributed by atoms with Crippen molar-refractivity contribution in [3.63, 3.8) is 0 Å². The molecular weight excluding hydrogens is 478 g/mol. The molecule has 3 aromatic rings. The molecular formula is C24H18BrNO6. The predicted molar refractivity (Wildman–Crippen MR) is 121 cm³/mol. The Bertz CT molecular complexity index is 1240. The van der Waals surface area contributed by atoms with E-state index in [1.165, 1.54) is 6.26 Å². The highest BCUT2D eigenvalue weighted by Crippen LogP contribution is 2.38. The first kappa shape index (κ1) is 21.6. The van der Waals surface area contributed by atoms with Crippen molar-refractivity contribution < 1.29 is 28.2 Å². The minimum atomic E-state index is -0.597. The number of nitrogens with zero attached hydrogens (tertiary/aromatic N) is 1. The summed E-state index contributed by atoms with van der Waals surface area (Å²) in [6, 6.07) is 13.8. The number of furan rings is 1. The van der Waals surface area contributed by atoms with Gasteiger partial charge in [0.25, 0.3) is 5.90 Å². The van der Waals surface area contributed by atoms with Crippen LogP contribution in [0, 0.1) is 6.92 Å². The molecule has 1 aliphatic rings. The minimum absolute atomic E-state index is 0.0964. The maximum Gasteiger partial charge on any atom is 0.363 e. The number of rotatable bonds is 6. The van der Waals surface area contributed by atoms with E-state index in [4.69, 9.17) is 18.6 Å². The molecule has 7 nitrogen and oxygen atoms in total. The maximum absolute atomic E-state index is 12.7. The van der Waals surface area contributed by atoms with E-state index in [9.17, 15) is 9.59 Å². The third-order valence-electron chi connectivity index (χ3n) is 4.55. The van der Waals surface area contributed by atoms with Gasteiger partial charge in [0, 0.05) is 0 Å². The van der Waals surface area contributed by atoms with Gasteiger partial charge in [0.2, 0.25) is 0 Å². The molecule has 0 atom stereocenters. The lowest BCUT2D eigenvalue weighted by Crippen LogP contribution is -2.11. The summed E-state index contributed by atoms with van der Waals surface area (Å²) >= 11 is 3.44. The fourth-order valence-electron chi connectivity index (χ4n) is 3.06. The summed E-state index contributed by atoms with van der Waals surface area (Å²) < 4.78 is 22.2. The quantitative estimate of drug-likeness (QED) is 0.261. The van der Waals surface area contributed by atoms with Gasteiger partial charge in [-0.3, -0.25) is 0 Å². The van der Waals surface area contributed by atoms with Crippen LogP contribution in [0.4, 0.5) is 0 Å². The lowest BCUT2D eigenvalue weighted by molar-refractivity contribution is -0.130. The second-order valence-corrected chi connectivity index (χ2v) is 7.64. The first-order valence-electron chi connectivity index (χ1n) is 9.77. The van der Waals surface area contributed by atoms with E-state index in [0.717, 1.165) is 5.56 Å². The fourth-order valence-corrected chi connectivity index (χ4v) is 3.60. The highest BCUT2D eigenvalue weighted by atomic mass is 79.9. The molecule has 0 radical (unpaired) electrons. The summed E-state index contributed by atoms with van der Waals surface area (Å²) in [5.41, 5.74) is 1.97.